The van der Waals surface area contributed by atoms with Crippen LogP contribution in [0.2, 0.25) is 0 Å². The molecule has 3 aromatic rings. The monoisotopic (exact) mass is 406 g/mol. The Morgan fingerprint density at radius 3 is 2.25 bits per heavy atom. The van der Waals surface area contributed by atoms with Gasteiger partial charge in [0.05, 0.1) is 33.5 Å². The van der Waals surface area contributed by atoms with Crippen molar-refractivity contribution in [2.45, 2.75) is 6.92 Å². The van der Waals surface area contributed by atoms with Gasteiger partial charge in [0.1, 0.15) is 0 Å². The number of fused-ring (bicyclic) bond motifs is 1. The van der Waals surface area contributed by atoms with Crippen LogP contribution in [0.1, 0.15) is 6.92 Å². The molecule has 1 heterocycles. The van der Waals surface area contributed by atoms with Crippen LogP contribution < -0.4 is 19.5 Å². The Morgan fingerprint density at radius 1 is 1.07 bits per heavy atom. The van der Waals surface area contributed by atoms with Crippen LogP contribution in [0, 0.1) is 0 Å². The summed E-state index contributed by atoms with van der Waals surface area (Å²) in [6, 6.07) is 11.6. The maximum atomic E-state index is 9.18. The Hall–Kier alpha value is -3.06. The molecule has 150 valence electrons. The molecule has 2 aromatic carbocycles. The lowest BCUT2D eigenvalue weighted by Gasteiger charge is -2.15. The quantitative estimate of drug-likeness (QED) is 0.578. The van der Waals surface area contributed by atoms with Gasteiger partial charge >= 0.3 is 0 Å². The van der Waals surface area contributed by atoms with Gasteiger partial charge in [-0.25, -0.2) is 0 Å². The maximum absolute atomic E-state index is 9.18. The average molecular weight is 407 g/mol. The van der Waals surface area contributed by atoms with Crippen LogP contribution >= 0.6 is 11.8 Å². The number of aromatic nitrogens is 1. The van der Waals surface area contributed by atoms with E-state index in [1.807, 2.05) is 42.6 Å². The fraction of sp³-hybridized carbons (Fsp3) is 0.250. The standard InChI is InChI=1S/C17H17ClN2O3.C3H6O2/c1-21-15-9-11(10-16(22-2)17(15)23-3)19-13-5-4-6-14-12(13)7-8-20(14)18;1-2-5-3-4/h4-10,19H,1-3H3;3H,2H2,1H3. The highest BCUT2D eigenvalue weighted by Crippen LogP contribution is 2.41. The third kappa shape index (κ3) is 4.80. The van der Waals surface area contributed by atoms with E-state index in [-0.39, 0.29) is 0 Å². The van der Waals surface area contributed by atoms with Crippen LogP contribution in [0.25, 0.3) is 10.9 Å². The summed E-state index contributed by atoms with van der Waals surface area (Å²) >= 11 is 6.11. The first-order valence-corrected chi connectivity index (χ1v) is 8.81. The summed E-state index contributed by atoms with van der Waals surface area (Å²) in [7, 11) is 4.77. The lowest BCUT2D eigenvalue weighted by Crippen LogP contribution is -1.98. The highest BCUT2D eigenvalue weighted by Gasteiger charge is 2.14. The topological polar surface area (TPSA) is 71.0 Å². The Labute approximate surface area is 168 Å². The molecular weight excluding hydrogens is 384 g/mol. The van der Waals surface area contributed by atoms with Gasteiger partial charge in [0, 0.05) is 46.9 Å². The second kappa shape index (κ2) is 10.3. The highest BCUT2D eigenvalue weighted by atomic mass is 35.5. The second-order valence-electron chi connectivity index (χ2n) is 5.46. The number of benzene rings is 2. The van der Waals surface area contributed by atoms with Crippen LogP contribution in [-0.4, -0.2) is 38.5 Å². The van der Waals surface area contributed by atoms with Gasteiger partial charge in [-0.05, 0) is 25.1 Å². The van der Waals surface area contributed by atoms with Crippen molar-refractivity contribution in [3.63, 3.8) is 0 Å². The zero-order valence-corrected chi connectivity index (χ0v) is 16.9. The van der Waals surface area contributed by atoms with E-state index in [1.165, 1.54) is 0 Å². The van der Waals surface area contributed by atoms with Crippen molar-refractivity contribution < 1.29 is 23.7 Å². The largest absolute Gasteiger partial charge is 0.493 e. The zero-order chi connectivity index (χ0) is 20.5. The summed E-state index contributed by atoms with van der Waals surface area (Å²) in [5.74, 6) is 1.75. The molecule has 0 aliphatic heterocycles. The van der Waals surface area contributed by atoms with Gasteiger partial charge in [-0.1, -0.05) is 6.07 Å². The van der Waals surface area contributed by atoms with Crippen molar-refractivity contribution in [2.75, 3.05) is 33.3 Å². The number of hydrogen-bond acceptors (Lipinski definition) is 6. The summed E-state index contributed by atoms with van der Waals surface area (Å²) in [6.45, 7) is 2.66. The van der Waals surface area contributed by atoms with Crippen LogP contribution in [0.4, 0.5) is 11.4 Å². The minimum absolute atomic E-state index is 0.431. The summed E-state index contributed by atoms with van der Waals surface area (Å²) in [4.78, 5) is 9.18. The van der Waals surface area contributed by atoms with E-state index in [9.17, 15) is 4.79 Å². The van der Waals surface area contributed by atoms with E-state index in [4.69, 9.17) is 26.0 Å². The normalized spacial score (nSPS) is 9.89. The first-order valence-electron chi connectivity index (χ1n) is 8.48. The average Bonchev–Trinajstić information content (AvgIpc) is 3.10. The van der Waals surface area contributed by atoms with Crippen LogP contribution in [-0.2, 0) is 9.53 Å². The molecular formula is C20H23ClN2O5. The van der Waals surface area contributed by atoms with Gasteiger partial charge in [-0.3, -0.25) is 8.88 Å². The van der Waals surface area contributed by atoms with E-state index in [0.29, 0.717) is 30.3 Å². The fourth-order valence-corrected chi connectivity index (χ4v) is 2.82. The Balaban J connectivity index is 0.000000500. The number of carbonyl (C=O) groups excluding carboxylic acids is 1. The van der Waals surface area contributed by atoms with Crippen molar-refractivity contribution in [1.82, 2.24) is 4.09 Å². The SMILES string of the molecule is CCOC=O.COc1cc(Nc2cccc3c2ccn3Cl)cc(OC)c1OC. The second-order valence-corrected chi connectivity index (χ2v) is 5.82. The lowest BCUT2D eigenvalue weighted by molar-refractivity contribution is -0.128. The number of ether oxygens (including phenoxy) is 4. The smallest absolute Gasteiger partial charge is 0.293 e. The third-order valence-corrected chi connectivity index (χ3v) is 4.16. The van der Waals surface area contributed by atoms with Gasteiger partial charge in [0.25, 0.3) is 6.47 Å². The molecule has 0 saturated carbocycles. The Morgan fingerprint density at radius 2 is 1.75 bits per heavy atom. The molecule has 0 spiro atoms. The number of nitrogens with one attached hydrogen (secondary N) is 1. The van der Waals surface area contributed by atoms with E-state index in [0.717, 1.165) is 22.3 Å². The summed E-state index contributed by atoms with van der Waals surface area (Å²) in [6.07, 6.45) is 1.81. The summed E-state index contributed by atoms with van der Waals surface area (Å²) in [5, 5.41) is 4.40. The fourth-order valence-electron chi connectivity index (χ4n) is 2.62. The molecule has 8 heteroatoms. The maximum Gasteiger partial charge on any atom is 0.293 e. The summed E-state index contributed by atoms with van der Waals surface area (Å²) < 4.78 is 21.8. The molecule has 0 amide bonds. The van der Waals surface area contributed by atoms with Gasteiger partial charge in [0.15, 0.2) is 11.5 Å². The van der Waals surface area contributed by atoms with Crippen molar-refractivity contribution in [2.24, 2.45) is 0 Å². The number of hydrogen-bond donors (Lipinski definition) is 1. The molecule has 0 fully saturated rings. The number of anilines is 2. The minimum atomic E-state index is 0.431. The van der Waals surface area contributed by atoms with Gasteiger partial charge < -0.3 is 24.3 Å². The van der Waals surface area contributed by atoms with Gasteiger partial charge in [-0.15, -0.1) is 0 Å². The minimum Gasteiger partial charge on any atom is -0.493 e. The molecule has 0 saturated heterocycles. The van der Waals surface area contributed by atoms with Gasteiger partial charge in [0.2, 0.25) is 5.75 Å². The van der Waals surface area contributed by atoms with Crippen molar-refractivity contribution in [3.8, 4) is 17.2 Å². The molecule has 0 atom stereocenters. The van der Waals surface area contributed by atoms with Crippen molar-refractivity contribution in [1.29, 1.82) is 0 Å². The number of halogens is 1. The van der Waals surface area contributed by atoms with E-state index < -0.39 is 0 Å². The van der Waals surface area contributed by atoms with Gasteiger partial charge in [-0.2, -0.15) is 0 Å². The molecule has 0 radical (unpaired) electrons. The Kier molecular flexibility index (Phi) is 7.83. The molecule has 28 heavy (non-hydrogen) atoms. The van der Waals surface area contributed by atoms with E-state index >= 15 is 0 Å². The molecule has 0 aliphatic rings. The highest BCUT2D eigenvalue weighted by molar-refractivity contribution is 6.19. The van der Waals surface area contributed by atoms with Crippen LogP contribution in [0.5, 0.6) is 17.2 Å². The molecule has 0 bridgehead atoms. The van der Waals surface area contributed by atoms with Crippen LogP contribution in [0.15, 0.2) is 42.6 Å². The Bertz CT molecular complexity index is 901. The van der Waals surface area contributed by atoms with E-state index in [2.05, 4.69) is 10.1 Å². The molecule has 7 nitrogen and oxygen atoms in total. The van der Waals surface area contributed by atoms with Crippen molar-refractivity contribution >= 4 is 40.5 Å². The van der Waals surface area contributed by atoms with Crippen LogP contribution in [0.3, 0.4) is 0 Å². The lowest BCUT2D eigenvalue weighted by atomic mass is 10.2. The van der Waals surface area contributed by atoms with E-state index in [1.54, 1.807) is 32.3 Å². The molecule has 0 unspecified atom stereocenters. The molecule has 0 aliphatic carbocycles. The van der Waals surface area contributed by atoms with Crippen molar-refractivity contribution in [3.05, 3.63) is 42.6 Å². The number of methoxy groups -OCH3 is 3. The predicted octanol–water partition coefficient (Wildman–Crippen LogP) is 4.59. The molecule has 1 aromatic heterocycles. The summed E-state index contributed by atoms with van der Waals surface area (Å²) in [5.41, 5.74) is 2.70. The zero-order valence-electron chi connectivity index (χ0n) is 16.2. The number of nitrogens with zero attached hydrogens (tertiary/aromatic N) is 1. The third-order valence-electron chi connectivity index (χ3n) is 3.86. The number of carbonyl (C=O) groups is 1. The first-order chi connectivity index (χ1) is 13.6. The molecule has 1 N–H and O–H groups in total. The number of rotatable bonds is 7. The first kappa shape index (κ1) is 21.2. The molecule has 3 rings (SSSR count). The predicted molar refractivity (Wildman–Crippen MR) is 110 cm³/mol.